The highest BCUT2D eigenvalue weighted by molar-refractivity contribution is 9.10. The molecule has 134 valence electrons. The van der Waals surface area contributed by atoms with Crippen molar-refractivity contribution in [3.63, 3.8) is 0 Å². The van der Waals surface area contributed by atoms with E-state index >= 15 is 0 Å². The van der Waals surface area contributed by atoms with Crippen LogP contribution >= 0.6 is 15.9 Å². The zero-order valence-electron chi connectivity index (χ0n) is 13.0. The predicted octanol–water partition coefficient (Wildman–Crippen LogP) is 0.371. The largest absolute Gasteiger partial charge is 0.493 e. The Kier molecular flexibility index (Phi) is 4.38. The summed E-state index contributed by atoms with van der Waals surface area (Å²) in [7, 11) is 0. The molecule has 1 aromatic carbocycles. The van der Waals surface area contributed by atoms with Crippen molar-refractivity contribution in [3.8, 4) is 11.8 Å². The number of halogens is 1. The van der Waals surface area contributed by atoms with E-state index in [2.05, 4.69) is 35.9 Å². The van der Waals surface area contributed by atoms with E-state index in [1.54, 1.807) is 24.3 Å². The number of aromatic nitrogens is 4. The van der Waals surface area contributed by atoms with Gasteiger partial charge in [-0.2, -0.15) is 9.97 Å². The average molecular weight is 421 g/mol. The smallest absolute Gasteiger partial charge is 0.260 e. The van der Waals surface area contributed by atoms with Crippen LogP contribution in [-0.4, -0.2) is 30.1 Å². The van der Waals surface area contributed by atoms with Crippen LogP contribution in [0.3, 0.4) is 0 Å². The Morgan fingerprint density at radius 3 is 1.69 bits per heavy atom. The highest BCUT2D eigenvalue weighted by Crippen LogP contribution is 2.35. The molecule has 0 aliphatic heterocycles. The van der Waals surface area contributed by atoms with E-state index in [0.29, 0.717) is 5.56 Å². The maximum atomic E-state index is 12.4. The molecule has 2 aromatic heterocycles. The SMILES string of the molecule is Nc1nc(O)c(C(c2ccc(Br)cc2)c2c(O)nc(N)[nH]c2=O)c(=O)[nH]1. The Morgan fingerprint density at radius 2 is 1.31 bits per heavy atom. The second kappa shape index (κ2) is 6.52. The fourth-order valence-corrected chi connectivity index (χ4v) is 2.89. The van der Waals surface area contributed by atoms with Crippen molar-refractivity contribution >= 4 is 27.8 Å². The van der Waals surface area contributed by atoms with Gasteiger partial charge >= 0.3 is 0 Å². The van der Waals surface area contributed by atoms with E-state index in [1.807, 2.05) is 0 Å². The summed E-state index contributed by atoms with van der Waals surface area (Å²) in [5.74, 6) is -3.10. The fourth-order valence-electron chi connectivity index (χ4n) is 2.63. The lowest BCUT2D eigenvalue weighted by Crippen LogP contribution is -2.26. The van der Waals surface area contributed by atoms with Gasteiger partial charge in [-0.3, -0.25) is 19.6 Å². The van der Waals surface area contributed by atoms with E-state index in [0.717, 1.165) is 4.47 Å². The lowest BCUT2D eigenvalue weighted by molar-refractivity contribution is 0.433. The van der Waals surface area contributed by atoms with Gasteiger partial charge in [0.25, 0.3) is 11.1 Å². The minimum atomic E-state index is -1.17. The first-order valence-electron chi connectivity index (χ1n) is 7.20. The second-order valence-electron chi connectivity index (χ2n) is 5.36. The number of nitrogens with zero attached hydrogens (tertiary/aromatic N) is 2. The number of benzene rings is 1. The summed E-state index contributed by atoms with van der Waals surface area (Å²) in [6.45, 7) is 0. The van der Waals surface area contributed by atoms with Crippen LogP contribution in [0.2, 0.25) is 0 Å². The highest BCUT2D eigenvalue weighted by atomic mass is 79.9. The molecule has 0 fully saturated rings. The Morgan fingerprint density at radius 1 is 0.885 bits per heavy atom. The van der Waals surface area contributed by atoms with E-state index in [1.165, 1.54) is 0 Å². The average Bonchev–Trinajstić information content (AvgIpc) is 2.52. The molecule has 0 amide bonds. The molecular weight excluding hydrogens is 408 g/mol. The van der Waals surface area contributed by atoms with Gasteiger partial charge < -0.3 is 21.7 Å². The molecule has 0 spiro atoms. The lowest BCUT2D eigenvalue weighted by atomic mass is 9.87. The highest BCUT2D eigenvalue weighted by Gasteiger charge is 2.30. The van der Waals surface area contributed by atoms with Gasteiger partial charge in [0.15, 0.2) is 0 Å². The molecule has 0 aliphatic carbocycles. The van der Waals surface area contributed by atoms with Crippen molar-refractivity contribution < 1.29 is 10.2 Å². The van der Waals surface area contributed by atoms with Crippen LogP contribution in [0, 0.1) is 0 Å². The zero-order chi connectivity index (χ0) is 19.0. The summed E-state index contributed by atoms with van der Waals surface area (Å²) in [6.07, 6.45) is 0. The van der Waals surface area contributed by atoms with Gasteiger partial charge in [-0.05, 0) is 17.7 Å². The maximum Gasteiger partial charge on any atom is 0.260 e. The quantitative estimate of drug-likeness (QED) is 0.350. The van der Waals surface area contributed by atoms with Crippen molar-refractivity contribution in [1.29, 1.82) is 0 Å². The maximum absolute atomic E-state index is 12.4. The van der Waals surface area contributed by atoms with Gasteiger partial charge in [-0.15, -0.1) is 0 Å². The summed E-state index contributed by atoms with van der Waals surface area (Å²) >= 11 is 3.29. The van der Waals surface area contributed by atoms with Gasteiger partial charge in [0.2, 0.25) is 23.7 Å². The van der Waals surface area contributed by atoms with Crippen LogP contribution in [0.4, 0.5) is 11.9 Å². The number of H-pyrrole nitrogens is 2. The normalized spacial score (nSPS) is 11.0. The van der Waals surface area contributed by atoms with Crippen molar-refractivity contribution in [2.75, 3.05) is 11.5 Å². The fraction of sp³-hybridized carbons (Fsp3) is 0.0667. The first kappa shape index (κ1) is 17.5. The molecule has 0 saturated heterocycles. The standard InChI is InChI=1S/C15H13BrN6O4/c16-6-3-1-5(2-4-6)7(8-10(23)19-14(17)20-11(8)24)9-12(25)21-15(18)22-13(9)26/h1-4,7H,(H4,17,19,20,23,24)(H4,18,21,22,25,26). The molecule has 0 radical (unpaired) electrons. The van der Waals surface area contributed by atoms with Crippen LogP contribution in [0.5, 0.6) is 11.8 Å². The Balaban J connectivity index is 2.38. The molecule has 10 nitrogen and oxygen atoms in total. The van der Waals surface area contributed by atoms with Crippen LogP contribution in [-0.2, 0) is 0 Å². The summed E-state index contributed by atoms with van der Waals surface area (Å²) < 4.78 is 0.752. The summed E-state index contributed by atoms with van der Waals surface area (Å²) in [6, 6.07) is 6.57. The number of aromatic amines is 2. The summed E-state index contributed by atoms with van der Waals surface area (Å²) in [5.41, 5.74) is 9.21. The molecule has 3 aromatic rings. The third-order valence-corrected chi connectivity index (χ3v) is 4.22. The van der Waals surface area contributed by atoms with Gasteiger partial charge in [-0.25, -0.2) is 0 Å². The number of hydrogen-bond donors (Lipinski definition) is 6. The number of anilines is 2. The first-order chi connectivity index (χ1) is 12.3. The number of nitrogen functional groups attached to an aromatic ring is 2. The van der Waals surface area contributed by atoms with E-state index in [4.69, 9.17) is 11.5 Å². The third kappa shape index (κ3) is 3.11. The summed E-state index contributed by atoms with van der Waals surface area (Å²) in [4.78, 5) is 36.6. The number of aromatic hydroxyl groups is 2. The van der Waals surface area contributed by atoms with Gasteiger partial charge in [0.1, 0.15) is 0 Å². The van der Waals surface area contributed by atoms with Gasteiger partial charge in [-0.1, -0.05) is 28.1 Å². The Hall–Kier alpha value is -3.34. The minimum Gasteiger partial charge on any atom is -0.493 e. The minimum absolute atomic E-state index is 0.270. The van der Waals surface area contributed by atoms with Crippen LogP contribution < -0.4 is 22.6 Å². The zero-order valence-corrected chi connectivity index (χ0v) is 14.6. The van der Waals surface area contributed by atoms with E-state index in [-0.39, 0.29) is 23.0 Å². The molecule has 0 unspecified atom stereocenters. The molecular formula is C15H13BrN6O4. The topological polar surface area (TPSA) is 184 Å². The Labute approximate surface area is 153 Å². The summed E-state index contributed by atoms with van der Waals surface area (Å²) in [5, 5.41) is 20.4. The first-order valence-corrected chi connectivity index (χ1v) is 8.00. The monoisotopic (exact) mass is 420 g/mol. The number of nitrogens with one attached hydrogen (secondary N) is 2. The van der Waals surface area contributed by atoms with E-state index in [9.17, 15) is 19.8 Å². The lowest BCUT2D eigenvalue weighted by Gasteiger charge is -2.18. The number of hydrogen-bond acceptors (Lipinski definition) is 8. The van der Waals surface area contributed by atoms with Gasteiger partial charge in [0, 0.05) is 4.47 Å². The predicted molar refractivity (Wildman–Crippen MR) is 97.0 cm³/mol. The van der Waals surface area contributed by atoms with Crippen molar-refractivity contribution in [2.24, 2.45) is 0 Å². The van der Waals surface area contributed by atoms with Crippen LogP contribution in [0.15, 0.2) is 38.3 Å². The molecule has 2 heterocycles. The molecule has 26 heavy (non-hydrogen) atoms. The van der Waals surface area contributed by atoms with Crippen molar-refractivity contribution in [1.82, 2.24) is 19.9 Å². The molecule has 0 saturated carbocycles. The molecule has 3 rings (SSSR count). The molecule has 0 aliphatic rings. The number of rotatable bonds is 3. The molecule has 8 N–H and O–H groups in total. The van der Waals surface area contributed by atoms with Gasteiger partial charge in [0.05, 0.1) is 17.0 Å². The Bertz CT molecular complexity index is 1030. The molecule has 0 atom stereocenters. The second-order valence-corrected chi connectivity index (χ2v) is 6.28. The van der Waals surface area contributed by atoms with Crippen molar-refractivity contribution in [3.05, 3.63) is 66.1 Å². The van der Waals surface area contributed by atoms with E-state index < -0.39 is 28.8 Å². The van der Waals surface area contributed by atoms with Crippen molar-refractivity contribution in [2.45, 2.75) is 5.92 Å². The molecule has 11 heteroatoms. The third-order valence-electron chi connectivity index (χ3n) is 3.69. The molecule has 0 bridgehead atoms. The van der Waals surface area contributed by atoms with Crippen LogP contribution in [0.25, 0.3) is 0 Å². The number of nitrogens with two attached hydrogens (primary N) is 2. The van der Waals surface area contributed by atoms with Crippen LogP contribution in [0.1, 0.15) is 22.6 Å².